The van der Waals surface area contributed by atoms with Crippen LogP contribution in [-0.4, -0.2) is 5.92 Å². The van der Waals surface area contributed by atoms with Crippen molar-refractivity contribution in [2.45, 2.75) is 51.9 Å². The molecular weight excluding hydrogens is 170 g/mol. The molecule has 0 amide bonds. The summed E-state index contributed by atoms with van der Waals surface area (Å²) in [7, 11) is 0. The molecule has 0 aromatic heterocycles. The summed E-state index contributed by atoms with van der Waals surface area (Å²) >= 11 is 0. The van der Waals surface area contributed by atoms with Gasteiger partial charge >= 0.3 is 0 Å². The van der Waals surface area contributed by atoms with Crippen LogP contribution in [0.5, 0.6) is 0 Å². The van der Waals surface area contributed by atoms with E-state index in [0.29, 0.717) is 12.3 Å². The van der Waals surface area contributed by atoms with E-state index in [2.05, 4.69) is 13.5 Å². The number of hydrogen-bond donors (Lipinski definition) is 0. The van der Waals surface area contributed by atoms with Gasteiger partial charge in [0.25, 0.3) is 0 Å². The van der Waals surface area contributed by atoms with Crippen LogP contribution < -0.4 is 0 Å². The lowest BCUT2D eigenvalue weighted by Gasteiger charge is -2.16. The van der Waals surface area contributed by atoms with Gasteiger partial charge in [-0.05, 0) is 32.1 Å². The minimum Gasteiger partial charge on any atom is -0.207 e. The van der Waals surface area contributed by atoms with Crippen molar-refractivity contribution in [1.82, 2.24) is 0 Å². The summed E-state index contributed by atoms with van der Waals surface area (Å²) in [5, 5.41) is 0. The zero-order valence-corrected chi connectivity index (χ0v) is 8.65. The molecule has 0 aromatic carbocycles. The normalized spacial score (nSPS) is 14.2. The molecule has 78 valence electrons. The predicted octanol–water partition coefficient (Wildman–Crippen LogP) is 4.41. The van der Waals surface area contributed by atoms with Crippen LogP contribution >= 0.6 is 0 Å². The third-order valence-electron chi connectivity index (χ3n) is 2.35. The first-order valence-corrected chi connectivity index (χ1v) is 4.98. The van der Waals surface area contributed by atoms with Gasteiger partial charge in [0.05, 0.1) is 0 Å². The average molecular weight is 190 g/mol. The van der Waals surface area contributed by atoms with E-state index < -0.39 is 5.92 Å². The van der Waals surface area contributed by atoms with Crippen LogP contribution in [0.3, 0.4) is 0 Å². The van der Waals surface area contributed by atoms with Crippen molar-refractivity contribution in [2.75, 3.05) is 0 Å². The summed E-state index contributed by atoms with van der Waals surface area (Å²) in [5.41, 5.74) is 0. The molecular formula is C11H20F2. The quantitative estimate of drug-likeness (QED) is 0.521. The Morgan fingerprint density at radius 3 is 2.38 bits per heavy atom. The van der Waals surface area contributed by atoms with E-state index in [9.17, 15) is 8.78 Å². The van der Waals surface area contributed by atoms with E-state index in [4.69, 9.17) is 0 Å². The fraction of sp³-hybridized carbons (Fsp3) is 0.818. The Kier molecular flexibility index (Phi) is 5.93. The van der Waals surface area contributed by atoms with Gasteiger partial charge in [0.15, 0.2) is 0 Å². The molecule has 0 aliphatic heterocycles. The van der Waals surface area contributed by atoms with Crippen LogP contribution in [0.15, 0.2) is 12.7 Å². The minimum absolute atomic E-state index is 0.0165. The molecule has 0 aliphatic rings. The number of alkyl halides is 2. The van der Waals surface area contributed by atoms with Crippen LogP contribution in [0, 0.1) is 5.92 Å². The Labute approximate surface area is 80.0 Å². The highest BCUT2D eigenvalue weighted by Crippen LogP contribution is 2.25. The Hall–Kier alpha value is -0.400. The number of hydrogen-bond acceptors (Lipinski definition) is 0. The van der Waals surface area contributed by atoms with E-state index in [1.807, 2.05) is 6.08 Å². The van der Waals surface area contributed by atoms with E-state index in [1.54, 1.807) is 0 Å². The fourth-order valence-electron chi connectivity index (χ4n) is 1.36. The molecule has 0 rings (SSSR count). The van der Waals surface area contributed by atoms with Gasteiger partial charge in [-0.2, -0.15) is 0 Å². The number of rotatable bonds is 7. The van der Waals surface area contributed by atoms with E-state index in [-0.39, 0.29) is 6.42 Å². The molecule has 1 atom stereocenters. The Bertz CT molecular complexity index is 136. The van der Waals surface area contributed by atoms with Crippen LogP contribution in [-0.2, 0) is 0 Å². The SMILES string of the molecule is C=CCCC(CC)CCC(C)(F)F. The maximum Gasteiger partial charge on any atom is 0.245 e. The highest BCUT2D eigenvalue weighted by atomic mass is 19.3. The monoisotopic (exact) mass is 190 g/mol. The van der Waals surface area contributed by atoms with Crippen molar-refractivity contribution in [3.05, 3.63) is 12.7 Å². The van der Waals surface area contributed by atoms with E-state index in [0.717, 1.165) is 26.2 Å². The Morgan fingerprint density at radius 1 is 1.38 bits per heavy atom. The van der Waals surface area contributed by atoms with Gasteiger partial charge in [-0.3, -0.25) is 0 Å². The molecule has 0 aromatic rings. The summed E-state index contributed by atoms with van der Waals surface area (Å²) in [4.78, 5) is 0. The molecule has 13 heavy (non-hydrogen) atoms. The van der Waals surface area contributed by atoms with Gasteiger partial charge in [0.1, 0.15) is 0 Å². The molecule has 0 saturated heterocycles. The van der Waals surface area contributed by atoms with Crippen LogP contribution in [0.4, 0.5) is 8.78 Å². The first kappa shape index (κ1) is 12.6. The topological polar surface area (TPSA) is 0 Å². The number of halogens is 2. The van der Waals surface area contributed by atoms with Crippen LogP contribution in [0.1, 0.15) is 46.0 Å². The van der Waals surface area contributed by atoms with Crippen molar-refractivity contribution in [1.29, 1.82) is 0 Å². The van der Waals surface area contributed by atoms with Crippen LogP contribution in [0.25, 0.3) is 0 Å². The van der Waals surface area contributed by atoms with E-state index in [1.165, 1.54) is 0 Å². The largest absolute Gasteiger partial charge is 0.245 e. The third kappa shape index (κ3) is 7.94. The van der Waals surface area contributed by atoms with E-state index >= 15 is 0 Å². The highest BCUT2D eigenvalue weighted by molar-refractivity contribution is 4.71. The molecule has 0 aliphatic carbocycles. The lowest BCUT2D eigenvalue weighted by molar-refractivity contribution is 0.00619. The standard InChI is InChI=1S/C11H20F2/c1-4-6-7-10(5-2)8-9-11(3,12)13/h4,10H,1,5-9H2,2-3H3. The lowest BCUT2D eigenvalue weighted by Crippen LogP contribution is -2.12. The molecule has 1 unspecified atom stereocenters. The highest BCUT2D eigenvalue weighted by Gasteiger charge is 2.22. The second kappa shape index (κ2) is 6.11. The average Bonchev–Trinajstić information content (AvgIpc) is 2.03. The van der Waals surface area contributed by atoms with Crippen molar-refractivity contribution >= 4 is 0 Å². The van der Waals surface area contributed by atoms with Crippen molar-refractivity contribution in [2.24, 2.45) is 5.92 Å². The minimum atomic E-state index is -2.50. The summed E-state index contributed by atoms with van der Waals surface area (Å²) in [6, 6.07) is 0. The molecule has 2 heteroatoms. The maximum absolute atomic E-state index is 12.5. The fourth-order valence-corrected chi connectivity index (χ4v) is 1.36. The summed E-state index contributed by atoms with van der Waals surface area (Å²) < 4.78 is 25.0. The van der Waals surface area contributed by atoms with Gasteiger partial charge in [0, 0.05) is 6.42 Å². The third-order valence-corrected chi connectivity index (χ3v) is 2.35. The zero-order chi connectivity index (χ0) is 10.3. The molecule has 0 nitrogen and oxygen atoms in total. The van der Waals surface area contributed by atoms with Gasteiger partial charge < -0.3 is 0 Å². The molecule has 0 spiro atoms. The van der Waals surface area contributed by atoms with Gasteiger partial charge in [-0.25, -0.2) is 8.78 Å². The van der Waals surface area contributed by atoms with Gasteiger partial charge in [0.2, 0.25) is 5.92 Å². The second-order valence-electron chi connectivity index (χ2n) is 3.75. The molecule has 0 N–H and O–H groups in total. The molecule has 0 radical (unpaired) electrons. The van der Waals surface area contributed by atoms with Gasteiger partial charge in [-0.1, -0.05) is 19.4 Å². The van der Waals surface area contributed by atoms with Crippen molar-refractivity contribution in [3.63, 3.8) is 0 Å². The maximum atomic E-state index is 12.5. The summed E-state index contributed by atoms with van der Waals surface area (Å²) in [6.45, 7) is 6.68. The summed E-state index contributed by atoms with van der Waals surface area (Å²) in [5.74, 6) is -2.06. The first-order valence-electron chi connectivity index (χ1n) is 4.98. The second-order valence-corrected chi connectivity index (χ2v) is 3.75. The van der Waals surface area contributed by atoms with Crippen molar-refractivity contribution in [3.8, 4) is 0 Å². The summed E-state index contributed by atoms with van der Waals surface area (Å²) in [6.07, 6.45) is 5.43. The smallest absolute Gasteiger partial charge is 0.207 e. The molecule has 0 saturated carbocycles. The number of allylic oxidation sites excluding steroid dienone is 1. The van der Waals surface area contributed by atoms with Gasteiger partial charge in [-0.15, -0.1) is 6.58 Å². The molecule has 0 heterocycles. The van der Waals surface area contributed by atoms with Crippen LogP contribution in [0.2, 0.25) is 0 Å². The lowest BCUT2D eigenvalue weighted by atomic mass is 9.94. The molecule has 0 bridgehead atoms. The first-order chi connectivity index (χ1) is 5.99. The Balaban J connectivity index is 3.65. The Morgan fingerprint density at radius 2 is 2.00 bits per heavy atom. The zero-order valence-electron chi connectivity index (χ0n) is 8.65. The van der Waals surface area contributed by atoms with Crippen molar-refractivity contribution < 1.29 is 8.78 Å². The molecule has 0 fully saturated rings. The predicted molar refractivity (Wildman–Crippen MR) is 53.1 cm³/mol.